The van der Waals surface area contributed by atoms with E-state index in [1.165, 1.54) is 4.90 Å². The van der Waals surface area contributed by atoms with Gasteiger partial charge < -0.3 is 19.7 Å². The number of rotatable bonds is 9. The zero-order valence-electron chi connectivity index (χ0n) is 15.4. The number of carbonyl (C=O) groups is 2. The zero-order valence-corrected chi connectivity index (χ0v) is 17.0. The number of halogens is 1. The Morgan fingerprint density at radius 1 is 1.11 bits per heavy atom. The van der Waals surface area contributed by atoms with E-state index < -0.39 is 0 Å². The quantitative estimate of drug-likeness (QED) is 0.652. The van der Waals surface area contributed by atoms with Crippen LogP contribution in [-0.2, 0) is 9.59 Å². The number of nitrogens with zero attached hydrogens (tertiary/aromatic N) is 1. The molecular formula is C20H23BrN2O4. The Kier molecular flexibility index (Phi) is 8.13. The Hall–Kier alpha value is -2.54. The normalized spacial score (nSPS) is 10.2. The van der Waals surface area contributed by atoms with Gasteiger partial charge in [-0.05, 0) is 37.3 Å². The molecule has 2 amide bonds. The van der Waals surface area contributed by atoms with Gasteiger partial charge >= 0.3 is 0 Å². The first-order valence-electron chi connectivity index (χ1n) is 8.62. The van der Waals surface area contributed by atoms with Crippen LogP contribution in [0.15, 0.2) is 53.0 Å². The van der Waals surface area contributed by atoms with Crippen molar-refractivity contribution in [1.29, 1.82) is 0 Å². The van der Waals surface area contributed by atoms with Crippen LogP contribution < -0.4 is 14.8 Å². The molecule has 0 bridgehead atoms. The summed E-state index contributed by atoms with van der Waals surface area (Å²) in [5, 5.41) is 2.78. The van der Waals surface area contributed by atoms with Gasteiger partial charge in [-0.15, -0.1) is 0 Å². The van der Waals surface area contributed by atoms with Gasteiger partial charge in [0.15, 0.2) is 0 Å². The van der Waals surface area contributed by atoms with Crippen LogP contribution in [0, 0.1) is 0 Å². The Labute approximate surface area is 167 Å². The predicted octanol–water partition coefficient (Wildman–Crippen LogP) is 3.71. The second kappa shape index (κ2) is 10.6. The van der Waals surface area contributed by atoms with Gasteiger partial charge in [-0.1, -0.05) is 28.1 Å². The molecule has 27 heavy (non-hydrogen) atoms. The fraction of sp³-hybridized carbons (Fsp3) is 0.300. The Balaban J connectivity index is 1.82. The number of hydrogen-bond acceptors (Lipinski definition) is 4. The van der Waals surface area contributed by atoms with Gasteiger partial charge in [0, 0.05) is 22.8 Å². The molecule has 0 saturated carbocycles. The van der Waals surface area contributed by atoms with Gasteiger partial charge in [0.05, 0.1) is 26.7 Å². The van der Waals surface area contributed by atoms with Crippen molar-refractivity contribution in [1.82, 2.24) is 4.90 Å². The Morgan fingerprint density at radius 2 is 1.85 bits per heavy atom. The van der Waals surface area contributed by atoms with Crippen molar-refractivity contribution in [2.24, 2.45) is 0 Å². The smallest absolute Gasteiger partial charge is 0.243 e. The van der Waals surface area contributed by atoms with Crippen LogP contribution in [0.1, 0.15) is 13.3 Å². The lowest BCUT2D eigenvalue weighted by Crippen LogP contribution is -2.38. The van der Waals surface area contributed by atoms with Gasteiger partial charge in [0.1, 0.15) is 11.5 Å². The first-order chi connectivity index (χ1) is 13.0. The highest BCUT2D eigenvalue weighted by molar-refractivity contribution is 9.10. The standard InChI is InChI=1S/C20H23BrN2O4/c1-3-23(14-19(24)22-16-7-5-8-17(13-16)26-2)20(25)10-11-27-18-9-4-6-15(21)12-18/h4-9,12-13H,3,10-11,14H2,1-2H3,(H,22,24). The average Bonchev–Trinajstić information content (AvgIpc) is 2.66. The van der Waals surface area contributed by atoms with Crippen LogP contribution in [0.5, 0.6) is 11.5 Å². The van der Waals surface area contributed by atoms with Gasteiger partial charge in [-0.2, -0.15) is 0 Å². The lowest BCUT2D eigenvalue weighted by molar-refractivity contribution is -0.134. The topological polar surface area (TPSA) is 67.9 Å². The fourth-order valence-electron chi connectivity index (χ4n) is 2.42. The summed E-state index contributed by atoms with van der Waals surface area (Å²) in [4.78, 5) is 26.1. The number of likely N-dealkylation sites (N-methyl/N-ethyl adjacent to an activating group) is 1. The predicted molar refractivity (Wildman–Crippen MR) is 108 cm³/mol. The number of nitrogens with one attached hydrogen (secondary N) is 1. The highest BCUT2D eigenvalue weighted by Crippen LogP contribution is 2.18. The molecule has 0 aromatic heterocycles. The van der Waals surface area contributed by atoms with Gasteiger partial charge in [0.25, 0.3) is 0 Å². The molecule has 0 heterocycles. The molecule has 2 aromatic carbocycles. The number of anilines is 1. The first-order valence-corrected chi connectivity index (χ1v) is 9.41. The summed E-state index contributed by atoms with van der Waals surface area (Å²) in [7, 11) is 1.56. The van der Waals surface area contributed by atoms with Gasteiger partial charge in [0.2, 0.25) is 11.8 Å². The number of methoxy groups -OCH3 is 1. The van der Waals surface area contributed by atoms with Crippen molar-refractivity contribution in [2.75, 3.05) is 32.1 Å². The Bertz CT molecular complexity index is 782. The molecule has 0 unspecified atom stereocenters. The summed E-state index contributed by atoms with van der Waals surface area (Å²) >= 11 is 3.37. The van der Waals surface area contributed by atoms with E-state index in [9.17, 15) is 9.59 Å². The molecule has 144 valence electrons. The molecule has 0 aliphatic rings. The second-order valence-corrected chi connectivity index (χ2v) is 6.66. The number of ether oxygens (including phenoxy) is 2. The maximum absolute atomic E-state index is 12.4. The molecular weight excluding hydrogens is 412 g/mol. The molecule has 0 fully saturated rings. The Morgan fingerprint density at radius 3 is 2.56 bits per heavy atom. The minimum atomic E-state index is -0.258. The largest absolute Gasteiger partial charge is 0.497 e. The number of amides is 2. The average molecular weight is 435 g/mol. The summed E-state index contributed by atoms with van der Waals surface area (Å²) in [6, 6.07) is 14.5. The highest BCUT2D eigenvalue weighted by Gasteiger charge is 2.16. The summed E-state index contributed by atoms with van der Waals surface area (Å²) in [6.07, 6.45) is 0.201. The summed E-state index contributed by atoms with van der Waals surface area (Å²) in [6.45, 7) is 2.53. The van der Waals surface area contributed by atoms with E-state index >= 15 is 0 Å². The van der Waals surface area contributed by atoms with E-state index in [1.54, 1.807) is 31.4 Å². The van der Waals surface area contributed by atoms with E-state index in [0.29, 0.717) is 23.7 Å². The third-order valence-electron chi connectivity index (χ3n) is 3.80. The van der Waals surface area contributed by atoms with E-state index in [4.69, 9.17) is 9.47 Å². The van der Waals surface area contributed by atoms with Crippen molar-refractivity contribution in [3.8, 4) is 11.5 Å². The fourth-order valence-corrected chi connectivity index (χ4v) is 2.80. The van der Waals surface area contributed by atoms with Crippen LogP contribution in [-0.4, -0.2) is 43.5 Å². The molecule has 7 heteroatoms. The molecule has 0 saturated heterocycles. The molecule has 1 N–H and O–H groups in total. The maximum atomic E-state index is 12.4. The third kappa shape index (κ3) is 6.94. The lowest BCUT2D eigenvalue weighted by atomic mass is 10.3. The van der Waals surface area contributed by atoms with Crippen molar-refractivity contribution < 1.29 is 19.1 Å². The third-order valence-corrected chi connectivity index (χ3v) is 4.30. The molecule has 2 rings (SSSR count). The molecule has 6 nitrogen and oxygen atoms in total. The molecule has 2 aromatic rings. The summed E-state index contributed by atoms with van der Waals surface area (Å²) in [5.74, 6) is 0.955. The molecule has 0 spiro atoms. The van der Waals surface area contributed by atoms with E-state index in [0.717, 1.165) is 4.47 Å². The zero-order chi connectivity index (χ0) is 19.6. The van der Waals surface area contributed by atoms with E-state index in [-0.39, 0.29) is 31.4 Å². The SMILES string of the molecule is CCN(CC(=O)Nc1cccc(OC)c1)C(=O)CCOc1cccc(Br)c1. The first kappa shape index (κ1) is 20.8. The van der Waals surface area contributed by atoms with Crippen LogP contribution in [0.4, 0.5) is 5.69 Å². The summed E-state index contributed by atoms with van der Waals surface area (Å²) < 4.78 is 11.6. The number of hydrogen-bond donors (Lipinski definition) is 1. The van der Waals surface area contributed by atoms with E-state index in [1.807, 2.05) is 31.2 Å². The van der Waals surface area contributed by atoms with Crippen molar-refractivity contribution in [3.05, 3.63) is 53.0 Å². The van der Waals surface area contributed by atoms with Crippen LogP contribution in [0.2, 0.25) is 0 Å². The molecule has 0 radical (unpaired) electrons. The van der Waals surface area contributed by atoms with Crippen molar-refractivity contribution in [3.63, 3.8) is 0 Å². The van der Waals surface area contributed by atoms with Crippen LogP contribution in [0.25, 0.3) is 0 Å². The van der Waals surface area contributed by atoms with Crippen LogP contribution in [0.3, 0.4) is 0 Å². The lowest BCUT2D eigenvalue weighted by Gasteiger charge is -2.20. The second-order valence-electron chi connectivity index (χ2n) is 5.74. The highest BCUT2D eigenvalue weighted by atomic mass is 79.9. The van der Waals surface area contributed by atoms with E-state index in [2.05, 4.69) is 21.2 Å². The van der Waals surface area contributed by atoms with Gasteiger partial charge in [-0.3, -0.25) is 9.59 Å². The van der Waals surface area contributed by atoms with Gasteiger partial charge in [-0.25, -0.2) is 0 Å². The number of carbonyl (C=O) groups excluding carboxylic acids is 2. The van der Waals surface area contributed by atoms with Crippen LogP contribution >= 0.6 is 15.9 Å². The molecule has 0 aliphatic carbocycles. The maximum Gasteiger partial charge on any atom is 0.243 e. The molecule has 0 aliphatic heterocycles. The number of benzene rings is 2. The van der Waals surface area contributed by atoms with Crippen molar-refractivity contribution >= 4 is 33.4 Å². The minimum absolute atomic E-state index is 0.0105. The molecule has 0 atom stereocenters. The summed E-state index contributed by atoms with van der Waals surface area (Å²) in [5.41, 5.74) is 0.626. The monoisotopic (exact) mass is 434 g/mol. The van der Waals surface area contributed by atoms with Crippen molar-refractivity contribution in [2.45, 2.75) is 13.3 Å². The minimum Gasteiger partial charge on any atom is -0.497 e.